The first kappa shape index (κ1) is 14.0. The fourth-order valence-corrected chi connectivity index (χ4v) is 3.04. The Balaban J connectivity index is 1.74. The van der Waals surface area contributed by atoms with Gasteiger partial charge in [-0.3, -0.25) is 0 Å². The van der Waals surface area contributed by atoms with Gasteiger partial charge in [0.1, 0.15) is 5.52 Å². The maximum Gasteiger partial charge on any atom is 0.335 e. The van der Waals surface area contributed by atoms with Gasteiger partial charge in [0, 0.05) is 12.6 Å². The Hall–Kier alpha value is -1.95. The van der Waals surface area contributed by atoms with Crippen molar-refractivity contribution in [3.8, 4) is 0 Å². The Labute approximate surface area is 123 Å². The van der Waals surface area contributed by atoms with E-state index in [0.29, 0.717) is 6.04 Å². The summed E-state index contributed by atoms with van der Waals surface area (Å²) in [5.41, 5.74) is 1.80. The van der Waals surface area contributed by atoms with E-state index in [-0.39, 0.29) is 5.56 Å². The second-order valence-corrected chi connectivity index (χ2v) is 5.74. The number of hydrogen-bond acceptors (Lipinski definition) is 4. The van der Waals surface area contributed by atoms with E-state index in [0.717, 1.165) is 24.1 Å². The summed E-state index contributed by atoms with van der Waals surface area (Å²) in [5, 5.41) is 17.3. The molecular formula is C15H20N4O2. The molecule has 0 atom stereocenters. The lowest BCUT2D eigenvalue weighted by Crippen LogP contribution is -2.32. The van der Waals surface area contributed by atoms with E-state index in [2.05, 4.69) is 22.3 Å². The molecule has 1 aromatic carbocycles. The van der Waals surface area contributed by atoms with Crippen molar-refractivity contribution < 1.29 is 9.90 Å². The lowest BCUT2D eigenvalue weighted by molar-refractivity contribution is 0.0697. The molecule has 1 N–H and O–H groups in total. The van der Waals surface area contributed by atoms with Crippen molar-refractivity contribution in [1.29, 1.82) is 0 Å². The number of hydrogen-bond donors (Lipinski definition) is 1. The van der Waals surface area contributed by atoms with E-state index in [4.69, 9.17) is 5.11 Å². The topological polar surface area (TPSA) is 71.2 Å². The lowest BCUT2D eigenvalue weighted by Gasteiger charge is -2.23. The standard InChI is InChI=1S/C15H20N4O2/c1-18(12-4-2-3-5-12)8-9-19-14-10-11(15(20)21)6-7-13(14)16-17-19/h6-7,10,12H,2-5,8-9H2,1H3,(H,20,21). The molecular weight excluding hydrogens is 268 g/mol. The van der Waals surface area contributed by atoms with Gasteiger partial charge in [0.2, 0.25) is 0 Å². The molecule has 1 aliphatic rings. The van der Waals surface area contributed by atoms with Crippen LogP contribution in [0.3, 0.4) is 0 Å². The normalized spacial score (nSPS) is 16.1. The SMILES string of the molecule is CN(CCn1nnc2ccc(C(=O)O)cc21)C1CCCC1. The number of rotatable bonds is 5. The molecule has 6 nitrogen and oxygen atoms in total. The molecule has 0 saturated heterocycles. The number of carboxylic acids is 1. The third-order valence-electron chi connectivity index (χ3n) is 4.37. The van der Waals surface area contributed by atoms with Gasteiger partial charge in [0.05, 0.1) is 17.6 Å². The maximum absolute atomic E-state index is 11.1. The van der Waals surface area contributed by atoms with Crippen LogP contribution in [0.2, 0.25) is 0 Å². The Morgan fingerprint density at radius 1 is 1.43 bits per heavy atom. The van der Waals surface area contributed by atoms with Crippen LogP contribution < -0.4 is 0 Å². The molecule has 0 radical (unpaired) electrons. The van der Waals surface area contributed by atoms with E-state index in [1.54, 1.807) is 22.9 Å². The Morgan fingerprint density at radius 2 is 2.19 bits per heavy atom. The molecule has 0 bridgehead atoms. The third-order valence-corrected chi connectivity index (χ3v) is 4.37. The molecule has 112 valence electrons. The summed E-state index contributed by atoms with van der Waals surface area (Å²) in [6.07, 6.45) is 5.20. The first-order chi connectivity index (χ1) is 10.1. The van der Waals surface area contributed by atoms with Gasteiger partial charge in [-0.05, 0) is 38.1 Å². The second-order valence-electron chi connectivity index (χ2n) is 5.74. The van der Waals surface area contributed by atoms with Crippen molar-refractivity contribution in [2.24, 2.45) is 0 Å². The summed E-state index contributed by atoms with van der Waals surface area (Å²) in [7, 11) is 2.15. The fraction of sp³-hybridized carbons (Fsp3) is 0.533. The van der Waals surface area contributed by atoms with Crippen molar-refractivity contribution in [3.05, 3.63) is 23.8 Å². The third kappa shape index (κ3) is 2.90. The first-order valence-corrected chi connectivity index (χ1v) is 7.42. The molecule has 3 rings (SSSR count). The molecule has 6 heteroatoms. The zero-order chi connectivity index (χ0) is 14.8. The van der Waals surface area contributed by atoms with Crippen molar-refractivity contribution in [2.45, 2.75) is 38.3 Å². The molecule has 0 spiro atoms. The highest BCUT2D eigenvalue weighted by atomic mass is 16.4. The van der Waals surface area contributed by atoms with Crippen LogP contribution in [0.5, 0.6) is 0 Å². The van der Waals surface area contributed by atoms with E-state index < -0.39 is 5.97 Å². The van der Waals surface area contributed by atoms with E-state index in [1.165, 1.54) is 25.7 Å². The maximum atomic E-state index is 11.1. The molecule has 1 heterocycles. The van der Waals surface area contributed by atoms with Crippen LogP contribution in [-0.4, -0.2) is 50.6 Å². The number of likely N-dealkylation sites (N-methyl/N-ethyl adjacent to an activating group) is 1. The van der Waals surface area contributed by atoms with Crippen molar-refractivity contribution in [2.75, 3.05) is 13.6 Å². The predicted molar refractivity (Wildman–Crippen MR) is 79.4 cm³/mol. The van der Waals surface area contributed by atoms with Crippen LogP contribution in [0.1, 0.15) is 36.0 Å². The highest BCUT2D eigenvalue weighted by molar-refractivity contribution is 5.92. The van der Waals surface area contributed by atoms with Gasteiger partial charge in [-0.15, -0.1) is 5.10 Å². The van der Waals surface area contributed by atoms with E-state index in [1.807, 2.05) is 0 Å². The van der Waals surface area contributed by atoms with Gasteiger partial charge in [-0.25, -0.2) is 9.48 Å². The zero-order valence-corrected chi connectivity index (χ0v) is 12.2. The van der Waals surface area contributed by atoms with Gasteiger partial charge in [0.25, 0.3) is 0 Å². The van der Waals surface area contributed by atoms with Crippen molar-refractivity contribution in [1.82, 2.24) is 19.9 Å². The van der Waals surface area contributed by atoms with Gasteiger partial charge >= 0.3 is 5.97 Å². The molecule has 0 unspecified atom stereocenters. The second kappa shape index (κ2) is 5.81. The number of benzene rings is 1. The number of nitrogens with zero attached hydrogens (tertiary/aromatic N) is 4. The molecule has 21 heavy (non-hydrogen) atoms. The predicted octanol–water partition coefficient (Wildman–Crippen LogP) is 2.00. The van der Waals surface area contributed by atoms with Crippen LogP contribution in [0.25, 0.3) is 11.0 Å². The van der Waals surface area contributed by atoms with Crippen LogP contribution >= 0.6 is 0 Å². The van der Waals surface area contributed by atoms with Gasteiger partial charge in [-0.2, -0.15) is 0 Å². The summed E-state index contributed by atoms with van der Waals surface area (Å²) in [5.74, 6) is -0.923. The molecule has 1 fully saturated rings. The number of carboxylic acid groups (broad SMARTS) is 1. The van der Waals surface area contributed by atoms with Gasteiger partial charge in [-0.1, -0.05) is 18.1 Å². The number of aromatic carboxylic acids is 1. The Morgan fingerprint density at radius 3 is 2.90 bits per heavy atom. The number of carbonyl (C=O) groups is 1. The Kier molecular flexibility index (Phi) is 3.88. The molecule has 2 aromatic rings. The quantitative estimate of drug-likeness (QED) is 0.911. The van der Waals surface area contributed by atoms with E-state index in [9.17, 15) is 4.79 Å². The molecule has 1 aromatic heterocycles. The van der Waals surface area contributed by atoms with Crippen LogP contribution in [0.4, 0.5) is 0 Å². The van der Waals surface area contributed by atoms with Crippen LogP contribution in [0.15, 0.2) is 18.2 Å². The zero-order valence-electron chi connectivity index (χ0n) is 12.2. The minimum Gasteiger partial charge on any atom is -0.478 e. The largest absolute Gasteiger partial charge is 0.478 e. The lowest BCUT2D eigenvalue weighted by atomic mass is 10.2. The number of aromatic nitrogens is 3. The van der Waals surface area contributed by atoms with Crippen molar-refractivity contribution in [3.63, 3.8) is 0 Å². The average Bonchev–Trinajstić information content (AvgIpc) is 3.14. The summed E-state index contributed by atoms with van der Waals surface area (Å²) < 4.78 is 1.80. The highest BCUT2D eigenvalue weighted by Crippen LogP contribution is 2.22. The first-order valence-electron chi connectivity index (χ1n) is 7.42. The van der Waals surface area contributed by atoms with Gasteiger partial charge in [0.15, 0.2) is 0 Å². The summed E-state index contributed by atoms with van der Waals surface area (Å²) in [6, 6.07) is 5.60. The molecule has 1 saturated carbocycles. The Bertz CT molecular complexity index is 646. The molecule has 1 aliphatic carbocycles. The smallest absolute Gasteiger partial charge is 0.335 e. The number of fused-ring (bicyclic) bond motifs is 1. The van der Waals surface area contributed by atoms with Crippen LogP contribution in [0, 0.1) is 0 Å². The average molecular weight is 288 g/mol. The fourth-order valence-electron chi connectivity index (χ4n) is 3.04. The molecule has 0 amide bonds. The minimum absolute atomic E-state index is 0.273. The summed E-state index contributed by atoms with van der Waals surface area (Å²) >= 11 is 0. The van der Waals surface area contributed by atoms with Gasteiger partial charge < -0.3 is 10.0 Å². The summed E-state index contributed by atoms with van der Waals surface area (Å²) in [6.45, 7) is 1.63. The molecule has 0 aliphatic heterocycles. The highest BCUT2D eigenvalue weighted by Gasteiger charge is 2.19. The van der Waals surface area contributed by atoms with Crippen molar-refractivity contribution >= 4 is 17.0 Å². The minimum atomic E-state index is -0.923. The van der Waals surface area contributed by atoms with E-state index >= 15 is 0 Å². The monoisotopic (exact) mass is 288 g/mol. The van der Waals surface area contributed by atoms with Crippen LogP contribution in [-0.2, 0) is 6.54 Å². The summed E-state index contributed by atoms with van der Waals surface area (Å²) in [4.78, 5) is 13.4.